The lowest BCUT2D eigenvalue weighted by Gasteiger charge is -2.26. The Morgan fingerprint density at radius 2 is 1.71 bits per heavy atom. The Hall–Kier alpha value is -2.24. The van der Waals surface area contributed by atoms with Crippen LogP contribution in [0.2, 0.25) is 0 Å². The van der Waals surface area contributed by atoms with Crippen molar-refractivity contribution in [1.82, 2.24) is 5.32 Å². The van der Waals surface area contributed by atoms with Crippen molar-refractivity contribution in [2.45, 2.75) is 45.6 Å². The Labute approximate surface area is 142 Å². The molecule has 1 aliphatic rings. The van der Waals surface area contributed by atoms with Crippen molar-refractivity contribution in [3.05, 3.63) is 23.8 Å². The second kappa shape index (κ2) is 8.57. The lowest BCUT2D eigenvalue weighted by atomic mass is 9.86. The molecule has 0 aromatic heterocycles. The van der Waals surface area contributed by atoms with Gasteiger partial charge in [0.25, 0.3) is 5.91 Å². The molecule has 1 amide bonds. The smallest absolute Gasteiger partial charge is 0.306 e. The van der Waals surface area contributed by atoms with Gasteiger partial charge in [0.05, 0.1) is 19.1 Å². The van der Waals surface area contributed by atoms with E-state index in [1.165, 1.54) is 0 Å². The third-order valence-electron chi connectivity index (χ3n) is 4.22. The molecule has 0 aliphatic heterocycles. The van der Waals surface area contributed by atoms with E-state index < -0.39 is 5.97 Å². The minimum Gasteiger partial charge on any atom is -0.490 e. The number of carboxylic acid groups (broad SMARTS) is 1. The molecule has 2 rings (SSSR count). The van der Waals surface area contributed by atoms with Crippen LogP contribution in [0.15, 0.2) is 18.2 Å². The Balaban J connectivity index is 1.99. The van der Waals surface area contributed by atoms with Gasteiger partial charge < -0.3 is 19.9 Å². The summed E-state index contributed by atoms with van der Waals surface area (Å²) in [4.78, 5) is 23.4. The number of hydrogen-bond acceptors (Lipinski definition) is 4. The third kappa shape index (κ3) is 4.63. The molecule has 0 saturated heterocycles. The summed E-state index contributed by atoms with van der Waals surface area (Å²) < 4.78 is 11.0. The molecule has 24 heavy (non-hydrogen) atoms. The van der Waals surface area contributed by atoms with Crippen molar-refractivity contribution in [3.63, 3.8) is 0 Å². The number of benzene rings is 1. The van der Waals surface area contributed by atoms with Crippen molar-refractivity contribution in [1.29, 1.82) is 0 Å². The molecule has 0 heterocycles. The molecule has 0 radical (unpaired) electrons. The van der Waals surface area contributed by atoms with E-state index in [0.29, 0.717) is 56.0 Å². The van der Waals surface area contributed by atoms with Crippen LogP contribution in [0, 0.1) is 5.92 Å². The molecule has 6 heteroatoms. The number of carbonyl (C=O) groups is 2. The largest absolute Gasteiger partial charge is 0.490 e. The number of carbonyl (C=O) groups excluding carboxylic acids is 1. The fourth-order valence-corrected chi connectivity index (χ4v) is 2.95. The van der Waals surface area contributed by atoms with Crippen LogP contribution in [-0.2, 0) is 4.79 Å². The summed E-state index contributed by atoms with van der Waals surface area (Å²) in [7, 11) is 0. The first-order valence-electron chi connectivity index (χ1n) is 8.48. The van der Waals surface area contributed by atoms with Gasteiger partial charge in [-0.2, -0.15) is 0 Å². The highest BCUT2D eigenvalue weighted by Crippen LogP contribution is 2.29. The summed E-state index contributed by atoms with van der Waals surface area (Å²) in [6.45, 7) is 4.79. The van der Waals surface area contributed by atoms with Crippen LogP contribution in [0.5, 0.6) is 11.5 Å². The van der Waals surface area contributed by atoms with Crippen LogP contribution in [0.1, 0.15) is 49.9 Å². The van der Waals surface area contributed by atoms with E-state index in [2.05, 4.69) is 5.32 Å². The molecule has 0 bridgehead atoms. The third-order valence-corrected chi connectivity index (χ3v) is 4.22. The number of aliphatic carboxylic acids is 1. The molecule has 0 atom stereocenters. The molecule has 1 aliphatic carbocycles. The summed E-state index contributed by atoms with van der Waals surface area (Å²) in [5.74, 6) is -0.0157. The quantitative estimate of drug-likeness (QED) is 0.800. The first kappa shape index (κ1) is 18.1. The first-order valence-corrected chi connectivity index (χ1v) is 8.48. The Morgan fingerprint density at radius 1 is 1.08 bits per heavy atom. The van der Waals surface area contributed by atoms with Gasteiger partial charge in [0.1, 0.15) is 0 Å². The van der Waals surface area contributed by atoms with Crippen molar-refractivity contribution in [3.8, 4) is 11.5 Å². The fraction of sp³-hybridized carbons (Fsp3) is 0.556. The second-order valence-electron chi connectivity index (χ2n) is 5.89. The number of nitrogens with one attached hydrogen (secondary N) is 1. The molecule has 1 fully saturated rings. The molecular formula is C18H25NO5. The van der Waals surface area contributed by atoms with E-state index in [4.69, 9.17) is 14.6 Å². The van der Waals surface area contributed by atoms with Crippen LogP contribution in [-0.4, -0.2) is 36.2 Å². The Morgan fingerprint density at radius 3 is 2.29 bits per heavy atom. The standard InChI is InChI=1S/C18H25NO5/c1-3-23-15-10-7-13(11-16(15)24-4-2)17(20)19-14-8-5-12(6-9-14)18(21)22/h7,10-12,14H,3-6,8-9H2,1-2H3,(H,19,20)(H,21,22). The normalized spacial score (nSPS) is 20.2. The van der Waals surface area contributed by atoms with Gasteiger partial charge in [0.2, 0.25) is 0 Å². The van der Waals surface area contributed by atoms with Crippen molar-refractivity contribution in [2.24, 2.45) is 5.92 Å². The maximum absolute atomic E-state index is 12.4. The zero-order valence-corrected chi connectivity index (χ0v) is 14.2. The van der Waals surface area contributed by atoms with Gasteiger partial charge in [-0.3, -0.25) is 9.59 Å². The highest BCUT2D eigenvalue weighted by molar-refractivity contribution is 5.95. The molecule has 6 nitrogen and oxygen atoms in total. The molecule has 132 valence electrons. The molecule has 0 spiro atoms. The topological polar surface area (TPSA) is 84.9 Å². The zero-order valence-electron chi connectivity index (χ0n) is 14.2. The van der Waals surface area contributed by atoms with E-state index in [-0.39, 0.29) is 17.9 Å². The average molecular weight is 335 g/mol. The van der Waals surface area contributed by atoms with Gasteiger partial charge >= 0.3 is 5.97 Å². The van der Waals surface area contributed by atoms with Gasteiger partial charge in [-0.25, -0.2) is 0 Å². The van der Waals surface area contributed by atoms with Gasteiger partial charge in [0, 0.05) is 11.6 Å². The van der Waals surface area contributed by atoms with Crippen LogP contribution in [0.4, 0.5) is 0 Å². The van der Waals surface area contributed by atoms with Gasteiger partial charge in [-0.15, -0.1) is 0 Å². The summed E-state index contributed by atoms with van der Waals surface area (Å²) in [5, 5.41) is 12.0. The second-order valence-corrected chi connectivity index (χ2v) is 5.89. The highest BCUT2D eigenvalue weighted by atomic mass is 16.5. The van der Waals surface area contributed by atoms with E-state index in [9.17, 15) is 9.59 Å². The Bertz CT molecular complexity index is 579. The molecule has 1 aromatic carbocycles. The lowest BCUT2D eigenvalue weighted by molar-refractivity contribution is -0.142. The fourth-order valence-electron chi connectivity index (χ4n) is 2.95. The summed E-state index contributed by atoms with van der Waals surface area (Å²) in [6, 6.07) is 5.17. The lowest BCUT2D eigenvalue weighted by Crippen LogP contribution is -2.38. The van der Waals surface area contributed by atoms with E-state index in [1.54, 1.807) is 18.2 Å². The molecule has 0 unspecified atom stereocenters. The van der Waals surface area contributed by atoms with Gasteiger partial charge in [-0.05, 0) is 57.7 Å². The number of rotatable bonds is 7. The summed E-state index contributed by atoms with van der Waals surface area (Å²) in [6.07, 6.45) is 2.59. The monoisotopic (exact) mass is 335 g/mol. The predicted octanol–water partition coefficient (Wildman–Crippen LogP) is 2.86. The van der Waals surface area contributed by atoms with Crippen LogP contribution >= 0.6 is 0 Å². The van der Waals surface area contributed by atoms with Crippen LogP contribution in [0.3, 0.4) is 0 Å². The minimum absolute atomic E-state index is 0.0233. The molecular weight excluding hydrogens is 310 g/mol. The first-order chi connectivity index (χ1) is 11.5. The summed E-state index contributed by atoms with van der Waals surface area (Å²) >= 11 is 0. The van der Waals surface area contributed by atoms with Gasteiger partial charge in [0.15, 0.2) is 11.5 Å². The SMILES string of the molecule is CCOc1ccc(C(=O)NC2CCC(C(=O)O)CC2)cc1OCC. The Kier molecular flexibility index (Phi) is 6.46. The van der Waals surface area contributed by atoms with Crippen LogP contribution in [0.25, 0.3) is 0 Å². The zero-order chi connectivity index (χ0) is 17.5. The predicted molar refractivity (Wildman–Crippen MR) is 89.6 cm³/mol. The van der Waals surface area contributed by atoms with Crippen LogP contribution < -0.4 is 14.8 Å². The summed E-state index contributed by atoms with van der Waals surface area (Å²) in [5.41, 5.74) is 0.516. The molecule has 1 saturated carbocycles. The highest BCUT2D eigenvalue weighted by Gasteiger charge is 2.27. The van der Waals surface area contributed by atoms with Gasteiger partial charge in [-0.1, -0.05) is 0 Å². The molecule has 1 aromatic rings. The van der Waals surface area contributed by atoms with E-state index in [0.717, 1.165) is 0 Å². The molecule has 2 N–H and O–H groups in total. The number of ether oxygens (including phenoxy) is 2. The minimum atomic E-state index is -0.743. The van der Waals surface area contributed by atoms with E-state index in [1.807, 2.05) is 13.8 Å². The number of amides is 1. The van der Waals surface area contributed by atoms with Crippen molar-refractivity contribution >= 4 is 11.9 Å². The average Bonchev–Trinajstić information content (AvgIpc) is 2.57. The maximum atomic E-state index is 12.4. The number of hydrogen-bond donors (Lipinski definition) is 2. The number of carboxylic acids is 1. The van der Waals surface area contributed by atoms with Crippen molar-refractivity contribution < 1.29 is 24.2 Å². The van der Waals surface area contributed by atoms with E-state index >= 15 is 0 Å². The van der Waals surface area contributed by atoms with Crippen molar-refractivity contribution in [2.75, 3.05) is 13.2 Å². The maximum Gasteiger partial charge on any atom is 0.306 e.